The lowest BCUT2D eigenvalue weighted by atomic mass is 10.2. The van der Waals surface area contributed by atoms with Crippen molar-refractivity contribution >= 4 is 37.5 Å². The van der Waals surface area contributed by atoms with Gasteiger partial charge in [0.15, 0.2) is 0 Å². The van der Waals surface area contributed by atoms with Gasteiger partial charge in [-0.25, -0.2) is 9.97 Å². The fourth-order valence-corrected chi connectivity index (χ4v) is 2.83. The largest absolute Gasteiger partial charge is 0.397 e. The number of benzene rings is 1. The minimum Gasteiger partial charge on any atom is -0.397 e. The van der Waals surface area contributed by atoms with Crippen molar-refractivity contribution < 1.29 is 4.52 Å². The van der Waals surface area contributed by atoms with Gasteiger partial charge in [-0.1, -0.05) is 21.1 Å². The summed E-state index contributed by atoms with van der Waals surface area (Å²) in [7, 11) is 0. The third kappa shape index (κ3) is 2.44. The summed E-state index contributed by atoms with van der Waals surface area (Å²) in [6.45, 7) is 0. The number of anilines is 1. The van der Waals surface area contributed by atoms with Crippen LogP contribution in [-0.2, 0) is 0 Å². The van der Waals surface area contributed by atoms with Crippen LogP contribution in [0.15, 0.2) is 44.1 Å². The molecule has 0 bridgehead atoms. The molecule has 0 fully saturated rings. The van der Waals surface area contributed by atoms with Crippen molar-refractivity contribution in [2.24, 2.45) is 0 Å². The van der Waals surface area contributed by atoms with Crippen molar-refractivity contribution in [3.8, 4) is 23.1 Å². The molecule has 3 aromatic rings. The molecule has 0 unspecified atom stereocenters. The van der Waals surface area contributed by atoms with Crippen molar-refractivity contribution in [1.82, 2.24) is 20.1 Å². The first kappa shape index (κ1) is 13.2. The van der Waals surface area contributed by atoms with E-state index in [1.807, 2.05) is 12.1 Å². The summed E-state index contributed by atoms with van der Waals surface area (Å²) in [4.78, 5) is 12.4. The molecular formula is C12H7Br2N5O. The molecule has 2 N–H and O–H groups in total. The molecular weight excluding hydrogens is 390 g/mol. The molecule has 0 saturated heterocycles. The predicted molar refractivity (Wildman–Crippen MR) is 80.6 cm³/mol. The van der Waals surface area contributed by atoms with Gasteiger partial charge in [-0.2, -0.15) is 4.98 Å². The van der Waals surface area contributed by atoms with Gasteiger partial charge in [0.05, 0.1) is 11.3 Å². The summed E-state index contributed by atoms with van der Waals surface area (Å²) < 4.78 is 6.83. The zero-order valence-electron chi connectivity index (χ0n) is 9.92. The highest BCUT2D eigenvalue weighted by Crippen LogP contribution is 2.34. The number of nitrogens with zero attached hydrogens (tertiary/aromatic N) is 4. The van der Waals surface area contributed by atoms with Crippen LogP contribution in [0.5, 0.6) is 0 Å². The van der Waals surface area contributed by atoms with Crippen LogP contribution in [0.25, 0.3) is 23.1 Å². The van der Waals surface area contributed by atoms with Crippen LogP contribution in [-0.4, -0.2) is 20.1 Å². The topological polar surface area (TPSA) is 90.7 Å². The quantitative estimate of drug-likeness (QED) is 0.668. The first-order valence-corrected chi connectivity index (χ1v) is 7.10. The number of halogens is 2. The van der Waals surface area contributed by atoms with Crippen LogP contribution < -0.4 is 5.73 Å². The van der Waals surface area contributed by atoms with Gasteiger partial charge >= 0.3 is 0 Å². The van der Waals surface area contributed by atoms with Gasteiger partial charge in [0.2, 0.25) is 11.6 Å². The predicted octanol–water partition coefficient (Wildman–Crippen LogP) is 3.30. The molecule has 0 aliphatic rings. The SMILES string of the molecule is Nc1c(Br)cc(Br)cc1-c1nc(-c2ncccn2)no1. The molecule has 20 heavy (non-hydrogen) atoms. The second kappa shape index (κ2) is 5.29. The van der Waals surface area contributed by atoms with E-state index in [1.165, 1.54) is 0 Å². The molecule has 1 aromatic carbocycles. The molecule has 100 valence electrons. The summed E-state index contributed by atoms with van der Waals surface area (Å²) in [6, 6.07) is 5.37. The van der Waals surface area contributed by atoms with Crippen molar-refractivity contribution in [3.63, 3.8) is 0 Å². The standard InChI is InChI=1S/C12H7Br2N5O/c13-6-4-7(9(15)8(14)5-6)12-18-11(19-20-12)10-16-2-1-3-17-10/h1-5H,15H2. The number of aromatic nitrogens is 4. The van der Waals surface area contributed by atoms with E-state index in [1.54, 1.807) is 18.5 Å². The summed E-state index contributed by atoms with van der Waals surface area (Å²) in [5.41, 5.74) is 7.17. The molecule has 0 saturated carbocycles. The Morgan fingerprint density at radius 1 is 1.05 bits per heavy atom. The fourth-order valence-electron chi connectivity index (χ4n) is 1.60. The number of hydrogen-bond donors (Lipinski definition) is 1. The van der Waals surface area contributed by atoms with Crippen LogP contribution in [0.4, 0.5) is 5.69 Å². The second-order valence-corrected chi connectivity index (χ2v) is 5.61. The van der Waals surface area contributed by atoms with Gasteiger partial charge in [-0.05, 0) is 34.1 Å². The Labute approximate surface area is 130 Å². The van der Waals surface area contributed by atoms with E-state index in [0.717, 1.165) is 8.95 Å². The van der Waals surface area contributed by atoms with Gasteiger partial charge in [0.25, 0.3) is 5.89 Å². The molecule has 3 rings (SSSR count). The van der Waals surface area contributed by atoms with Crippen molar-refractivity contribution in [3.05, 3.63) is 39.5 Å². The minimum atomic E-state index is 0.312. The summed E-state index contributed by atoms with van der Waals surface area (Å²) in [5.74, 6) is 1.03. The van der Waals surface area contributed by atoms with E-state index in [0.29, 0.717) is 28.8 Å². The van der Waals surface area contributed by atoms with Gasteiger partial charge in [0, 0.05) is 21.3 Å². The van der Waals surface area contributed by atoms with Crippen LogP contribution in [0.2, 0.25) is 0 Å². The van der Waals surface area contributed by atoms with Crippen molar-refractivity contribution in [2.75, 3.05) is 5.73 Å². The first-order chi connectivity index (χ1) is 9.65. The van der Waals surface area contributed by atoms with E-state index in [4.69, 9.17) is 10.3 Å². The van der Waals surface area contributed by atoms with Gasteiger partial charge in [0.1, 0.15) is 0 Å². The maximum absolute atomic E-state index is 6.00. The molecule has 0 amide bonds. The lowest BCUT2D eigenvalue weighted by Gasteiger charge is -2.04. The zero-order chi connectivity index (χ0) is 14.1. The highest BCUT2D eigenvalue weighted by molar-refractivity contribution is 9.11. The average molecular weight is 397 g/mol. The highest BCUT2D eigenvalue weighted by Gasteiger charge is 2.16. The lowest BCUT2D eigenvalue weighted by Crippen LogP contribution is -1.93. The molecule has 6 nitrogen and oxygen atoms in total. The Kier molecular flexibility index (Phi) is 3.49. The van der Waals surface area contributed by atoms with Crippen LogP contribution in [0.3, 0.4) is 0 Å². The Morgan fingerprint density at radius 3 is 2.55 bits per heavy atom. The van der Waals surface area contributed by atoms with Crippen molar-refractivity contribution in [2.45, 2.75) is 0 Å². The maximum atomic E-state index is 6.00. The van der Waals surface area contributed by atoms with Crippen LogP contribution >= 0.6 is 31.9 Å². The van der Waals surface area contributed by atoms with E-state index < -0.39 is 0 Å². The Bertz CT molecular complexity index is 760. The fraction of sp³-hybridized carbons (Fsp3) is 0. The monoisotopic (exact) mass is 395 g/mol. The molecule has 0 spiro atoms. The molecule has 0 radical (unpaired) electrons. The zero-order valence-corrected chi connectivity index (χ0v) is 13.1. The molecule has 0 aliphatic heterocycles. The second-order valence-electron chi connectivity index (χ2n) is 3.84. The van der Waals surface area contributed by atoms with E-state index in [2.05, 4.69) is 52.0 Å². The van der Waals surface area contributed by atoms with Crippen molar-refractivity contribution in [1.29, 1.82) is 0 Å². The third-order valence-electron chi connectivity index (χ3n) is 2.52. The summed E-state index contributed by atoms with van der Waals surface area (Å²) >= 11 is 6.77. The molecule has 2 aromatic heterocycles. The number of hydrogen-bond acceptors (Lipinski definition) is 6. The Morgan fingerprint density at radius 2 is 1.80 bits per heavy atom. The maximum Gasteiger partial charge on any atom is 0.260 e. The Hall–Kier alpha value is -1.80. The molecule has 2 heterocycles. The normalized spacial score (nSPS) is 10.7. The highest BCUT2D eigenvalue weighted by atomic mass is 79.9. The number of nitrogen functional groups attached to an aromatic ring is 1. The van der Waals surface area contributed by atoms with E-state index >= 15 is 0 Å². The number of rotatable bonds is 2. The van der Waals surface area contributed by atoms with E-state index in [-0.39, 0.29) is 0 Å². The minimum absolute atomic E-state index is 0.312. The van der Waals surface area contributed by atoms with Gasteiger partial charge in [-0.15, -0.1) is 0 Å². The summed E-state index contributed by atoms with van der Waals surface area (Å²) in [6.07, 6.45) is 3.23. The lowest BCUT2D eigenvalue weighted by molar-refractivity contribution is 0.432. The Balaban J connectivity index is 2.07. The molecule has 8 heteroatoms. The summed E-state index contributed by atoms with van der Waals surface area (Å²) in [5, 5.41) is 3.87. The van der Waals surface area contributed by atoms with Gasteiger partial charge in [-0.3, -0.25) is 0 Å². The number of nitrogens with two attached hydrogens (primary N) is 1. The smallest absolute Gasteiger partial charge is 0.260 e. The third-order valence-corrected chi connectivity index (χ3v) is 3.63. The first-order valence-electron chi connectivity index (χ1n) is 5.51. The molecule has 0 atom stereocenters. The molecule has 0 aliphatic carbocycles. The van der Waals surface area contributed by atoms with Gasteiger partial charge < -0.3 is 10.3 Å². The van der Waals surface area contributed by atoms with E-state index in [9.17, 15) is 0 Å². The van der Waals surface area contributed by atoms with Crippen LogP contribution in [0, 0.1) is 0 Å². The van der Waals surface area contributed by atoms with Crippen LogP contribution in [0.1, 0.15) is 0 Å². The average Bonchev–Trinajstić information content (AvgIpc) is 2.93.